The van der Waals surface area contributed by atoms with Crippen LogP contribution in [0.15, 0.2) is 6.07 Å². The quantitative estimate of drug-likeness (QED) is 0.643. The average molecular weight is 250 g/mol. The van der Waals surface area contributed by atoms with E-state index in [2.05, 4.69) is 28.1 Å². The molecular weight excluding hydrogens is 234 g/mol. The van der Waals surface area contributed by atoms with Crippen LogP contribution in [0.4, 0.5) is 5.82 Å². The van der Waals surface area contributed by atoms with E-state index in [4.69, 9.17) is 18.0 Å². The highest BCUT2D eigenvalue weighted by atomic mass is 35.5. The van der Waals surface area contributed by atoms with Crippen molar-refractivity contribution in [1.82, 2.24) is 9.97 Å². The van der Waals surface area contributed by atoms with E-state index in [1.807, 2.05) is 0 Å². The molecular formula is C13H16ClN3. The predicted octanol–water partition coefficient (Wildman–Crippen LogP) is 3.22. The number of hydrogen-bond donors (Lipinski definition) is 1. The van der Waals surface area contributed by atoms with Gasteiger partial charge in [0.25, 0.3) is 0 Å². The van der Waals surface area contributed by atoms with E-state index >= 15 is 0 Å². The molecule has 3 nitrogen and oxygen atoms in total. The lowest BCUT2D eigenvalue weighted by atomic mass is 10.1. The van der Waals surface area contributed by atoms with E-state index in [0.29, 0.717) is 17.5 Å². The van der Waals surface area contributed by atoms with Gasteiger partial charge in [0.2, 0.25) is 0 Å². The highest BCUT2D eigenvalue weighted by Gasteiger charge is 2.27. The Bertz CT molecular complexity index is 435. The number of nitrogens with zero attached hydrogens (tertiary/aromatic N) is 2. The van der Waals surface area contributed by atoms with Crippen molar-refractivity contribution in [3.05, 3.63) is 17.0 Å². The van der Waals surface area contributed by atoms with Gasteiger partial charge in [-0.3, -0.25) is 0 Å². The number of halogens is 1. The summed E-state index contributed by atoms with van der Waals surface area (Å²) in [5.41, 5.74) is 0. The minimum Gasteiger partial charge on any atom is -0.366 e. The van der Waals surface area contributed by atoms with Crippen LogP contribution in [0.25, 0.3) is 0 Å². The Balaban J connectivity index is 2.11. The summed E-state index contributed by atoms with van der Waals surface area (Å²) in [6, 6.07) is 2.00. The van der Waals surface area contributed by atoms with E-state index in [1.54, 1.807) is 6.07 Å². The van der Waals surface area contributed by atoms with Gasteiger partial charge < -0.3 is 5.32 Å². The minimum absolute atomic E-state index is 0.248. The van der Waals surface area contributed by atoms with Crippen LogP contribution in [0, 0.1) is 12.3 Å². The molecule has 1 aromatic heterocycles. The van der Waals surface area contributed by atoms with Crippen molar-refractivity contribution in [2.45, 2.75) is 44.6 Å². The average Bonchev–Trinajstić information content (AvgIpc) is 3.11. The highest BCUT2D eigenvalue weighted by molar-refractivity contribution is 6.29. The Kier molecular flexibility index (Phi) is 3.86. The predicted molar refractivity (Wildman–Crippen MR) is 70.2 cm³/mol. The van der Waals surface area contributed by atoms with Crippen LogP contribution in [-0.4, -0.2) is 16.0 Å². The van der Waals surface area contributed by atoms with Gasteiger partial charge in [0, 0.05) is 24.4 Å². The summed E-state index contributed by atoms with van der Waals surface area (Å²) in [6.07, 6.45) is 9.32. The van der Waals surface area contributed by atoms with E-state index < -0.39 is 0 Å². The molecule has 1 aromatic rings. The van der Waals surface area contributed by atoms with Gasteiger partial charge in [-0.15, -0.1) is 12.3 Å². The maximum atomic E-state index is 5.99. The number of hydrogen-bond acceptors (Lipinski definition) is 3. The van der Waals surface area contributed by atoms with E-state index in [9.17, 15) is 0 Å². The summed E-state index contributed by atoms with van der Waals surface area (Å²) in [7, 11) is 0. The highest BCUT2D eigenvalue weighted by Crippen LogP contribution is 2.38. The molecule has 1 saturated carbocycles. The molecule has 4 heteroatoms. The largest absolute Gasteiger partial charge is 0.366 e. The summed E-state index contributed by atoms with van der Waals surface area (Å²) < 4.78 is 0. The lowest BCUT2D eigenvalue weighted by Crippen LogP contribution is -2.19. The molecule has 1 atom stereocenters. The van der Waals surface area contributed by atoms with Gasteiger partial charge in [-0.2, -0.15) is 0 Å². The molecule has 1 aliphatic rings. The monoisotopic (exact) mass is 249 g/mol. The Hall–Kier alpha value is -1.27. The third kappa shape index (κ3) is 3.34. The molecule has 0 aromatic carbocycles. The molecule has 1 N–H and O–H groups in total. The lowest BCUT2D eigenvalue weighted by molar-refractivity contribution is 0.709. The molecule has 0 radical (unpaired) electrons. The standard InChI is InChI=1S/C13H16ClN3/c1-3-5-10(4-2)15-12-8-11(14)16-13(17-12)9-6-7-9/h1,8-10H,4-7H2,2H3,(H,15,16,17). The van der Waals surface area contributed by atoms with Crippen molar-refractivity contribution >= 4 is 17.4 Å². The Morgan fingerprint density at radius 2 is 2.35 bits per heavy atom. The van der Waals surface area contributed by atoms with Gasteiger partial charge in [-0.25, -0.2) is 9.97 Å². The fourth-order valence-electron chi connectivity index (χ4n) is 1.68. The Morgan fingerprint density at radius 1 is 1.59 bits per heavy atom. The zero-order valence-electron chi connectivity index (χ0n) is 9.91. The fourth-order valence-corrected chi connectivity index (χ4v) is 1.87. The smallest absolute Gasteiger partial charge is 0.135 e. The first-order chi connectivity index (χ1) is 8.22. The fraction of sp³-hybridized carbons (Fsp3) is 0.538. The molecule has 0 amide bonds. The molecule has 0 bridgehead atoms. The summed E-state index contributed by atoms with van der Waals surface area (Å²) >= 11 is 5.99. The van der Waals surface area contributed by atoms with Crippen molar-refractivity contribution in [2.24, 2.45) is 0 Å². The Labute approximate surface area is 107 Å². The van der Waals surface area contributed by atoms with Crippen LogP contribution in [0.3, 0.4) is 0 Å². The van der Waals surface area contributed by atoms with Crippen molar-refractivity contribution < 1.29 is 0 Å². The first-order valence-corrected chi connectivity index (χ1v) is 6.35. The number of nitrogens with one attached hydrogen (secondary N) is 1. The van der Waals surface area contributed by atoms with E-state index in [0.717, 1.165) is 18.1 Å². The molecule has 1 heterocycles. The van der Waals surface area contributed by atoms with Gasteiger partial charge in [-0.05, 0) is 19.3 Å². The number of rotatable bonds is 5. The molecule has 0 aliphatic heterocycles. The van der Waals surface area contributed by atoms with Gasteiger partial charge in [-0.1, -0.05) is 18.5 Å². The molecule has 2 rings (SSSR count). The molecule has 90 valence electrons. The third-order valence-corrected chi connectivity index (χ3v) is 3.06. The molecule has 1 fully saturated rings. The van der Waals surface area contributed by atoms with Gasteiger partial charge in [0.1, 0.15) is 16.8 Å². The summed E-state index contributed by atoms with van der Waals surface area (Å²) in [4.78, 5) is 8.74. The third-order valence-electron chi connectivity index (χ3n) is 2.86. The summed E-state index contributed by atoms with van der Waals surface area (Å²) in [6.45, 7) is 2.10. The van der Waals surface area contributed by atoms with Crippen molar-refractivity contribution in [2.75, 3.05) is 5.32 Å². The van der Waals surface area contributed by atoms with Gasteiger partial charge >= 0.3 is 0 Å². The molecule has 1 aliphatic carbocycles. The van der Waals surface area contributed by atoms with Crippen molar-refractivity contribution in [3.63, 3.8) is 0 Å². The Morgan fingerprint density at radius 3 is 2.94 bits per heavy atom. The van der Waals surface area contributed by atoms with Crippen LogP contribution < -0.4 is 5.32 Å². The van der Waals surface area contributed by atoms with Crippen LogP contribution in [0.2, 0.25) is 5.15 Å². The summed E-state index contributed by atoms with van der Waals surface area (Å²) in [5.74, 6) is 4.81. The summed E-state index contributed by atoms with van der Waals surface area (Å²) in [5, 5.41) is 3.82. The number of anilines is 1. The first-order valence-electron chi connectivity index (χ1n) is 5.97. The second-order valence-electron chi connectivity index (χ2n) is 4.37. The van der Waals surface area contributed by atoms with E-state index in [1.165, 1.54) is 12.8 Å². The van der Waals surface area contributed by atoms with Crippen LogP contribution >= 0.6 is 11.6 Å². The topological polar surface area (TPSA) is 37.8 Å². The van der Waals surface area contributed by atoms with Crippen LogP contribution in [0.5, 0.6) is 0 Å². The molecule has 0 saturated heterocycles. The maximum Gasteiger partial charge on any atom is 0.135 e. The number of terminal acetylenes is 1. The normalized spacial score (nSPS) is 16.3. The molecule has 1 unspecified atom stereocenters. The first kappa shape index (κ1) is 12.2. The second-order valence-corrected chi connectivity index (χ2v) is 4.75. The van der Waals surface area contributed by atoms with Crippen LogP contribution in [0.1, 0.15) is 44.3 Å². The SMILES string of the molecule is C#CCC(CC)Nc1cc(Cl)nc(C2CC2)n1. The van der Waals surface area contributed by atoms with E-state index in [-0.39, 0.29) is 6.04 Å². The second kappa shape index (κ2) is 5.37. The maximum absolute atomic E-state index is 5.99. The van der Waals surface area contributed by atoms with Gasteiger partial charge in [0.15, 0.2) is 0 Å². The zero-order chi connectivity index (χ0) is 12.3. The van der Waals surface area contributed by atoms with Crippen molar-refractivity contribution in [1.29, 1.82) is 0 Å². The van der Waals surface area contributed by atoms with Crippen molar-refractivity contribution in [3.8, 4) is 12.3 Å². The zero-order valence-corrected chi connectivity index (χ0v) is 10.7. The minimum atomic E-state index is 0.248. The molecule has 17 heavy (non-hydrogen) atoms. The van der Waals surface area contributed by atoms with Gasteiger partial charge in [0.05, 0.1) is 0 Å². The lowest BCUT2D eigenvalue weighted by Gasteiger charge is -2.15. The van der Waals surface area contributed by atoms with Crippen LogP contribution in [-0.2, 0) is 0 Å². The molecule has 0 spiro atoms. The number of aromatic nitrogens is 2.